The van der Waals surface area contributed by atoms with Crippen molar-refractivity contribution in [1.29, 1.82) is 0 Å². The summed E-state index contributed by atoms with van der Waals surface area (Å²) >= 11 is 0. The molecule has 1 N–H and O–H groups in total. The Kier molecular flexibility index (Phi) is 2.49. The highest BCUT2D eigenvalue weighted by atomic mass is 16.5. The van der Waals surface area contributed by atoms with Gasteiger partial charge in [0.1, 0.15) is 0 Å². The lowest BCUT2D eigenvalue weighted by Crippen LogP contribution is -2.17. The van der Waals surface area contributed by atoms with Crippen LogP contribution in [0.15, 0.2) is 6.20 Å². The monoisotopic (exact) mass is 181 g/mol. The summed E-state index contributed by atoms with van der Waals surface area (Å²) in [7, 11) is 0. The van der Waals surface area contributed by atoms with Crippen LogP contribution in [0, 0.1) is 0 Å². The number of hydrogen-bond donors (Lipinski definition) is 1. The van der Waals surface area contributed by atoms with Crippen LogP contribution in [0.2, 0.25) is 0 Å². The van der Waals surface area contributed by atoms with Crippen molar-refractivity contribution in [3.63, 3.8) is 0 Å². The Hall–Kier alpha value is -1.03. The summed E-state index contributed by atoms with van der Waals surface area (Å²) in [6.07, 6.45) is 2.96. The van der Waals surface area contributed by atoms with Crippen LogP contribution >= 0.6 is 0 Å². The molecule has 0 bridgehead atoms. The molecular formula is C9H15N3O. The summed E-state index contributed by atoms with van der Waals surface area (Å²) in [6, 6.07) is 0. The summed E-state index contributed by atoms with van der Waals surface area (Å²) in [5.74, 6) is 0.951. The molecule has 4 heteroatoms. The second kappa shape index (κ2) is 3.79. The quantitative estimate of drug-likeness (QED) is 0.748. The summed E-state index contributed by atoms with van der Waals surface area (Å²) in [5, 5.41) is 7.53. The van der Waals surface area contributed by atoms with Crippen molar-refractivity contribution in [3.8, 4) is 5.88 Å². The molecule has 1 aromatic rings. The molecular weight excluding hydrogens is 166 g/mol. The number of ether oxygens (including phenoxy) is 1. The molecule has 0 radical (unpaired) electrons. The van der Waals surface area contributed by atoms with Crippen molar-refractivity contribution in [2.75, 3.05) is 13.2 Å². The Balaban J connectivity index is 2.12. The van der Waals surface area contributed by atoms with E-state index in [4.69, 9.17) is 4.74 Å². The topological polar surface area (TPSA) is 39.1 Å². The van der Waals surface area contributed by atoms with Crippen LogP contribution in [0.3, 0.4) is 0 Å². The molecule has 0 atom stereocenters. The summed E-state index contributed by atoms with van der Waals surface area (Å²) in [6.45, 7) is 5.74. The molecule has 1 aliphatic rings. The molecule has 72 valence electrons. The molecule has 1 aromatic heterocycles. The van der Waals surface area contributed by atoms with Gasteiger partial charge in [0.15, 0.2) is 0 Å². The molecule has 0 saturated heterocycles. The lowest BCUT2D eigenvalue weighted by Gasteiger charge is -2.16. The summed E-state index contributed by atoms with van der Waals surface area (Å²) in [5.41, 5.74) is 1.17. The van der Waals surface area contributed by atoms with Crippen molar-refractivity contribution in [1.82, 2.24) is 15.1 Å². The van der Waals surface area contributed by atoms with Gasteiger partial charge in [-0.15, -0.1) is 0 Å². The number of aryl methyl sites for hydroxylation is 1. The highest BCUT2D eigenvalue weighted by molar-refractivity contribution is 5.24. The van der Waals surface area contributed by atoms with E-state index in [1.54, 1.807) is 0 Å². The average molecular weight is 181 g/mol. The van der Waals surface area contributed by atoms with E-state index >= 15 is 0 Å². The number of nitrogens with one attached hydrogen (secondary N) is 1. The number of nitrogens with zero attached hydrogens (tertiary/aromatic N) is 2. The van der Waals surface area contributed by atoms with Crippen LogP contribution in [0.5, 0.6) is 5.88 Å². The minimum absolute atomic E-state index is 0.824. The highest BCUT2D eigenvalue weighted by Gasteiger charge is 2.14. The second-order valence-electron chi connectivity index (χ2n) is 3.18. The van der Waals surface area contributed by atoms with Gasteiger partial charge in [-0.1, -0.05) is 6.92 Å². The maximum absolute atomic E-state index is 5.55. The van der Waals surface area contributed by atoms with E-state index in [-0.39, 0.29) is 0 Å². The Morgan fingerprint density at radius 3 is 3.46 bits per heavy atom. The third-order valence-corrected chi connectivity index (χ3v) is 2.18. The maximum atomic E-state index is 5.55. The first-order chi connectivity index (χ1) is 6.42. The van der Waals surface area contributed by atoms with Gasteiger partial charge in [0.2, 0.25) is 5.88 Å². The zero-order valence-electron chi connectivity index (χ0n) is 7.92. The van der Waals surface area contributed by atoms with Crippen molar-refractivity contribution < 1.29 is 4.74 Å². The van der Waals surface area contributed by atoms with Crippen molar-refractivity contribution in [3.05, 3.63) is 11.8 Å². The van der Waals surface area contributed by atoms with Gasteiger partial charge in [0.25, 0.3) is 0 Å². The molecule has 0 fully saturated rings. The van der Waals surface area contributed by atoms with E-state index in [2.05, 4.69) is 17.3 Å². The highest BCUT2D eigenvalue weighted by Crippen LogP contribution is 2.21. The fraction of sp³-hybridized carbons (Fsp3) is 0.667. The fourth-order valence-electron chi connectivity index (χ4n) is 1.50. The number of aromatic nitrogens is 2. The third-order valence-electron chi connectivity index (χ3n) is 2.18. The molecule has 0 amide bonds. The molecule has 0 aromatic carbocycles. The van der Waals surface area contributed by atoms with Crippen LogP contribution < -0.4 is 10.1 Å². The van der Waals surface area contributed by atoms with Crippen LogP contribution in [0.1, 0.15) is 18.9 Å². The second-order valence-corrected chi connectivity index (χ2v) is 3.18. The van der Waals surface area contributed by atoms with Crippen molar-refractivity contribution in [2.24, 2.45) is 0 Å². The van der Waals surface area contributed by atoms with E-state index in [1.807, 2.05) is 10.9 Å². The minimum atomic E-state index is 0.824. The standard InChI is InChI=1S/C9H15N3O/c1-2-10-6-8-7-11-12-4-3-5-13-9(8)12/h7,10H,2-6H2,1H3. The Labute approximate surface area is 77.9 Å². The van der Waals surface area contributed by atoms with Gasteiger partial charge in [-0.2, -0.15) is 5.10 Å². The molecule has 0 aliphatic carbocycles. The van der Waals surface area contributed by atoms with Gasteiger partial charge in [-0.05, 0) is 6.54 Å². The third kappa shape index (κ3) is 1.67. The van der Waals surface area contributed by atoms with E-state index in [0.717, 1.165) is 38.5 Å². The van der Waals surface area contributed by atoms with Crippen LogP contribution in [-0.4, -0.2) is 22.9 Å². The van der Waals surface area contributed by atoms with E-state index < -0.39 is 0 Å². The Morgan fingerprint density at radius 1 is 1.69 bits per heavy atom. The smallest absolute Gasteiger partial charge is 0.216 e. The summed E-state index contributed by atoms with van der Waals surface area (Å²) in [4.78, 5) is 0. The SMILES string of the molecule is CCNCc1cnn2c1OCCC2. The Morgan fingerprint density at radius 2 is 2.62 bits per heavy atom. The number of fused-ring (bicyclic) bond motifs is 1. The van der Waals surface area contributed by atoms with Crippen molar-refractivity contribution >= 4 is 0 Å². The van der Waals surface area contributed by atoms with Crippen molar-refractivity contribution in [2.45, 2.75) is 26.4 Å². The van der Waals surface area contributed by atoms with Crippen LogP contribution in [0.4, 0.5) is 0 Å². The van der Waals surface area contributed by atoms with Gasteiger partial charge < -0.3 is 10.1 Å². The zero-order valence-corrected chi connectivity index (χ0v) is 7.92. The zero-order chi connectivity index (χ0) is 9.10. The number of hydrogen-bond acceptors (Lipinski definition) is 3. The van der Waals surface area contributed by atoms with E-state index in [1.165, 1.54) is 5.56 Å². The first-order valence-corrected chi connectivity index (χ1v) is 4.80. The van der Waals surface area contributed by atoms with Crippen LogP contribution in [-0.2, 0) is 13.1 Å². The number of rotatable bonds is 3. The van der Waals surface area contributed by atoms with E-state index in [9.17, 15) is 0 Å². The van der Waals surface area contributed by atoms with Gasteiger partial charge in [-0.25, -0.2) is 4.68 Å². The first kappa shape index (κ1) is 8.56. The average Bonchev–Trinajstić information content (AvgIpc) is 2.58. The molecule has 1 aliphatic heterocycles. The van der Waals surface area contributed by atoms with Gasteiger partial charge in [0.05, 0.1) is 12.8 Å². The fourth-order valence-corrected chi connectivity index (χ4v) is 1.50. The molecule has 0 unspecified atom stereocenters. The maximum Gasteiger partial charge on any atom is 0.216 e. The predicted octanol–water partition coefficient (Wildman–Crippen LogP) is 0.775. The molecule has 2 rings (SSSR count). The molecule has 0 spiro atoms. The molecule has 2 heterocycles. The largest absolute Gasteiger partial charge is 0.478 e. The molecule has 13 heavy (non-hydrogen) atoms. The van der Waals surface area contributed by atoms with Gasteiger partial charge >= 0.3 is 0 Å². The predicted molar refractivity (Wildman–Crippen MR) is 49.7 cm³/mol. The van der Waals surface area contributed by atoms with Gasteiger partial charge in [-0.3, -0.25) is 0 Å². The molecule has 0 saturated carbocycles. The first-order valence-electron chi connectivity index (χ1n) is 4.80. The van der Waals surface area contributed by atoms with Gasteiger partial charge in [0, 0.05) is 25.1 Å². The van der Waals surface area contributed by atoms with E-state index in [0.29, 0.717) is 0 Å². The van der Waals surface area contributed by atoms with Crippen LogP contribution in [0.25, 0.3) is 0 Å². The lowest BCUT2D eigenvalue weighted by molar-refractivity contribution is 0.228. The molecule has 4 nitrogen and oxygen atoms in total. The normalized spacial score (nSPS) is 15.2. The summed E-state index contributed by atoms with van der Waals surface area (Å²) < 4.78 is 7.49. The Bertz CT molecular complexity index is 282. The minimum Gasteiger partial charge on any atom is -0.478 e. The lowest BCUT2D eigenvalue weighted by atomic mass is 10.3.